The van der Waals surface area contributed by atoms with E-state index in [9.17, 15) is 0 Å². The van der Waals surface area contributed by atoms with E-state index in [1.54, 1.807) is 7.11 Å². The van der Waals surface area contributed by atoms with Gasteiger partial charge in [0.2, 0.25) is 0 Å². The molecule has 0 saturated carbocycles. The lowest BCUT2D eigenvalue weighted by molar-refractivity contribution is 0.414. The summed E-state index contributed by atoms with van der Waals surface area (Å²) in [6, 6.07) is 5.94. The van der Waals surface area contributed by atoms with Crippen molar-refractivity contribution >= 4 is 22.0 Å². The highest BCUT2D eigenvalue weighted by Gasteiger charge is 1.97. The maximum Gasteiger partial charge on any atom is 0.119 e. The number of methoxy groups -OCH3 is 1. The molecule has 0 saturated heterocycles. The van der Waals surface area contributed by atoms with Crippen LogP contribution in [0, 0.1) is 0 Å². The van der Waals surface area contributed by atoms with Crippen LogP contribution in [-0.2, 0) is 0 Å². The molecule has 0 fully saturated rings. The van der Waals surface area contributed by atoms with Crippen LogP contribution in [0.4, 0.5) is 0 Å². The van der Waals surface area contributed by atoms with E-state index in [0.29, 0.717) is 0 Å². The molecule has 1 aromatic rings. The van der Waals surface area contributed by atoms with Gasteiger partial charge in [-0.3, -0.25) is 0 Å². The van der Waals surface area contributed by atoms with Gasteiger partial charge in [0, 0.05) is 4.47 Å². The molecule has 0 bridgehead atoms. The number of hydrogen-bond donors (Lipinski definition) is 0. The van der Waals surface area contributed by atoms with Crippen LogP contribution in [0.3, 0.4) is 0 Å². The molecule has 0 heterocycles. The smallest absolute Gasteiger partial charge is 0.119 e. The molecule has 1 nitrogen and oxygen atoms in total. The van der Waals surface area contributed by atoms with Crippen LogP contribution in [0.15, 0.2) is 28.7 Å². The summed E-state index contributed by atoms with van der Waals surface area (Å²) >= 11 is 3.48. The zero-order valence-corrected chi connectivity index (χ0v) is 9.47. The average Bonchev–Trinajstić information content (AvgIpc) is 2.17. The van der Waals surface area contributed by atoms with Crippen molar-refractivity contribution in [2.75, 3.05) is 7.11 Å². The summed E-state index contributed by atoms with van der Waals surface area (Å²) in [6.45, 7) is 2.12. The molecule has 1 rings (SSSR count). The predicted octanol–water partition coefficient (Wildman–Crippen LogP) is 3.88. The number of allylic oxidation sites excluding steroid dienone is 1. The Hall–Kier alpha value is -0.760. The lowest BCUT2D eigenvalue weighted by Gasteiger charge is -2.02. The lowest BCUT2D eigenvalue weighted by atomic mass is 10.2. The second-order valence-corrected chi connectivity index (χ2v) is 3.55. The number of benzene rings is 1. The normalized spacial score (nSPS) is 10.7. The lowest BCUT2D eigenvalue weighted by Crippen LogP contribution is -1.83. The fourth-order valence-corrected chi connectivity index (χ4v) is 1.40. The van der Waals surface area contributed by atoms with Crippen molar-refractivity contribution in [3.05, 3.63) is 34.3 Å². The quantitative estimate of drug-likeness (QED) is 0.780. The summed E-state index contributed by atoms with van der Waals surface area (Å²) in [5.74, 6) is 0.888. The van der Waals surface area contributed by atoms with E-state index in [4.69, 9.17) is 4.74 Å². The Balaban J connectivity index is 2.97. The first-order chi connectivity index (χ1) is 6.27. The molecular formula is C11H13BrO. The Morgan fingerprint density at radius 1 is 1.46 bits per heavy atom. The van der Waals surface area contributed by atoms with Gasteiger partial charge in [-0.15, -0.1) is 0 Å². The van der Waals surface area contributed by atoms with Crippen molar-refractivity contribution in [3.8, 4) is 5.75 Å². The summed E-state index contributed by atoms with van der Waals surface area (Å²) in [6.07, 6.45) is 5.26. The maximum absolute atomic E-state index is 5.14. The summed E-state index contributed by atoms with van der Waals surface area (Å²) in [5, 5.41) is 0. The minimum atomic E-state index is 0.888. The van der Waals surface area contributed by atoms with Crippen molar-refractivity contribution in [2.24, 2.45) is 0 Å². The third-order valence-electron chi connectivity index (χ3n) is 1.74. The molecule has 13 heavy (non-hydrogen) atoms. The molecule has 0 N–H and O–H groups in total. The maximum atomic E-state index is 5.14. The van der Waals surface area contributed by atoms with Gasteiger partial charge in [0.25, 0.3) is 0 Å². The number of ether oxygens (including phenoxy) is 1. The zero-order chi connectivity index (χ0) is 9.68. The molecule has 0 aromatic heterocycles. The first-order valence-corrected chi connectivity index (χ1v) is 5.07. The Labute approximate surface area is 87.5 Å². The minimum absolute atomic E-state index is 0.888. The Morgan fingerprint density at radius 3 is 2.85 bits per heavy atom. The topological polar surface area (TPSA) is 9.23 Å². The van der Waals surface area contributed by atoms with Crippen LogP contribution in [0.25, 0.3) is 6.08 Å². The highest BCUT2D eigenvalue weighted by atomic mass is 79.9. The van der Waals surface area contributed by atoms with Crippen molar-refractivity contribution < 1.29 is 4.74 Å². The van der Waals surface area contributed by atoms with Gasteiger partial charge in [-0.2, -0.15) is 0 Å². The molecule has 1 aromatic carbocycles. The van der Waals surface area contributed by atoms with Crippen LogP contribution >= 0.6 is 15.9 Å². The van der Waals surface area contributed by atoms with Gasteiger partial charge in [0.05, 0.1) is 7.11 Å². The third-order valence-corrected chi connectivity index (χ3v) is 2.46. The van der Waals surface area contributed by atoms with Gasteiger partial charge in [-0.05, 0) is 30.2 Å². The van der Waals surface area contributed by atoms with E-state index in [0.717, 1.165) is 22.2 Å². The van der Waals surface area contributed by atoms with Gasteiger partial charge >= 0.3 is 0 Å². The Kier molecular flexibility index (Phi) is 4.03. The number of rotatable bonds is 3. The molecule has 0 amide bonds. The fraction of sp³-hybridized carbons (Fsp3) is 0.273. The second-order valence-electron chi connectivity index (χ2n) is 2.70. The standard InChI is InChI=1S/C11H13BrO/c1-3-4-5-9-8-10(13-2)6-7-11(9)12/h4-8H,3H2,1-2H3/b5-4-. The van der Waals surface area contributed by atoms with Gasteiger partial charge in [-0.1, -0.05) is 35.0 Å². The van der Waals surface area contributed by atoms with Crippen LogP contribution < -0.4 is 4.74 Å². The highest BCUT2D eigenvalue weighted by Crippen LogP contribution is 2.23. The Morgan fingerprint density at radius 2 is 2.23 bits per heavy atom. The minimum Gasteiger partial charge on any atom is -0.497 e. The molecule has 0 atom stereocenters. The zero-order valence-electron chi connectivity index (χ0n) is 7.88. The molecule has 0 aliphatic rings. The number of halogens is 1. The summed E-state index contributed by atoms with van der Waals surface area (Å²) < 4.78 is 6.23. The van der Waals surface area contributed by atoms with Crippen molar-refractivity contribution in [1.29, 1.82) is 0 Å². The van der Waals surface area contributed by atoms with E-state index >= 15 is 0 Å². The molecule has 0 aliphatic carbocycles. The van der Waals surface area contributed by atoms with Crippen molar-refractivity contribution in [3.63, 3.8) is 0 Å². The van der Waals surface area contributed by atoms with Gasteiger partial charge < -0.3 is 4.74 Å². The first kappa shape index (κ1) is 10.3. The second kappa shape index (κ2) is 5.07. The van der Waals surface area contributed by atoms with E-state index in [-0.39, 0.29) is 0 Å². The van der Waals surface area contributed by atoms with E-state index in [1.165, 1.54) is 0 Å². The van der Waals surface area contributed by atoms with Crippen LogP contribution in [0.1, 0.15) is 18.9 Å². The molecular weight excluding hydrogens is 228 g/mol. The van der Waals surface area contributed by atoms with Crippen molar-refractivity contribution in [2.45, 2.75) is 13.3 Å². The monoisotopic (exact) mass is 240 g/mol. The SMILES string of the molecule is CC/C=C\c1cc(OC)ccc1Br. The van der Waals surface area contributed by atoms with Crippen LogP contribution in [0.2, 0.25) is 0 Å². The van der Waals surface area contributed by atoms with Gasteiger partial charge in [-0.25, -0.2) is 0 Å². The fourth-order valence-electron chi connectivity index (χ4n) is 1.02. The largest absolute Gasteiger partial charge is 0.497 e. The van der Waals surface area contributed by atoms with Gasteiger partial charge in [0.1, 0.15) is 5.75 Å². The summed E-state index contributed by atoms with van der Waals surface area (Å²) in [7, 11) is 1.68. The van der Waals surface area contributed by atoms with Gasteiger partial charge in [0.15, 0.2) is 0 Å². The Bertz CT molecular complexity index is 305. The molecule has 0 radical (unpaired) electrons. The predicted molar refractivity (Wildman–Crippen MR) is 60.0 cm³/mol. The molecule has 2 heteroatoms. The molecule has 0 spiro atoms. The highest BCUT2D eigenvalue weighted by molar-refractivity contribution is 9.10. The molecule has 0 aliphatic heterocycles. The number of hydrogen-bond acceptors (Lipinski definition) is 1. The van der Waals surface area contributed by atoms with E-state index in [2.05, 4.69) is 35.0 Å². The first-order valence-electron chi connectivity index (χ1n) is 4.28. The van der Waals surface area contributed by atoms with Crippen molar-refractivity contribution in [1.82, 2.24) is 0 Å². The summed E-state index contributed by atoms with van der Waals surface area (Å²) in [5.41, 5.74) is 1.15. The average molecular weight is 241 g/mol. The van der Waals surface area contributed by atoms with E-state index in [1.807, 2.05) is 18.2 Å². The molecule has 0 unspecified atom stereocenters. The van der Waals surface area contributed by atoms with Crippen LogP contribution in [-0.4, -0.2) is 7.11 Å². The van der Waals surface area contributed by atoms with Crippen LogP contribution in [0.5, 0.6) is 5.75 Å². The summed E-state index contributed by atoms with van der Waals surface area (Å²) in [4.78, 5) is 0. The third kappa shape index (κ3) is 2.88. The molecule has 70 valence electrons. The van der Waals surface area contributed by atoms with E-state index < -0.39 is 0 Å².